The van der Waals surface area contributed by atoms with Crippen molar-refractivity contribution in [1.29, 1.82) is 0 Å². The fraction of sp³-hybridized carbons (Fsp3) is 0.412. The highest BCUT2D eigenvalue weighted by Crippen LogP contribution is 2.18. The molecule has 0 spiro atoms. The molecule has 1 amide bonds. The number of carbonyl (C=O) groups is 1. The molecule has 0 saturated heterocycles. The normalized spacial score (nSPS) is 12.4. The van der Waals surface area contributed by atoms with Crippen LogP contribution in [0, 0.1) is 6.92 Å². The highest BCUT2D eigenvalue weighted by Gasteiger charge is 2.17. The highest BCUT2D eigenvalue weighted by atomic mass is 32.1. The molecule has 2 aromatic rings. The second-order valence-electron chi connectivity index (χ2n) is 5.66. The van der Waals surface area contributed by atoms with Gasteiger partial charge < -0.3 is 15.0 Å². The summed E-state index contributed by atoms with van der Waals surface area (Å²) < 4.78 is 5.03. The Hall–Kier alpha value is -1.76. The largest absolute Gasteiger partial charge is 0.378 e. The summed E-state index contributed by atoms with van der Waals surface area (Å²) in [5.74, 6) is -0.150. The number of ether oxygens (including phenoxy) is 1. The Morgan fingerprint density at radius 3 is 2.65 bits per heavy atom. The van der Waals surface area contributed by atoms with Gasteiger partial charge in [-0.15, -0.1) is 11.3 Å². The Balaban J connectivity index is 2.00. The van der Waals surface area contributed by atoms with E-state index in [0.717, 1.165) is 5.01 Å². The number of aryl methyl sites for hydroxylation is 1. The van der Waals surface area contributed by atoms with Crippen molar-refractivity contribution in [3.8, 4) is 0 Å². The molecule has 124 valence electrons. The Kier molecular flexibility index (Phi) is 6.27. The lowest BCUT2D eigenvalue weighted by Crippen LogP contribution is -2.34. The van der Waals surface area contributed by atoms with Crippen LogP contribution in [0.4, 0.5) is 0 Å². The van der Waals surface area contributed by atoms with Crippen LogP contribution in [0.3, 0.4) is 0 Å². The SMILES string of the molecule is COCc1nc(C(=O)NC[C@H](c2ccc(C)cc2)N(C)C)cs1. The van der Waals surface area contributed by atoms with Crippen LogP contribution in [0.5, 0.6) is 0 Å². The van der Waals surface area contributed by atoms with Crippen LogP contribution < -0.4 is 5.32 Å². The summed E-state index contributed by atoms with van der Waals surface area (Å²) in [4.78, 5) is 18.6. The molecule has 0 aliphatic heterocycles. The average molecular weight is 333 g/mol. The summed E-state index contributed by atoms with van der Waals surface area (Å²) in [7, 11) is 5.64. The molecule has 2 rings (SSSR count). The first-order valence-electron chi connectivity index (χ1n) is 7.45. The lowest BCUT2D eigenvalue weighted by molar-refractivity contribution is 0.0937. The maximum absolute atomic E-state index is 12.2. The molecule has 6 heteroatoms. The zero-order valence-corrected chi connectivity index (χ0v) is 14.8. The molecule has 1 N–H and O–H groups in total. The summed E-state index contributed by atoms with van der Waals surface area (Å²) in [6.07, 6.45) is 0. The number of nitrogens with one attached hydrogen (secondary N) is 1. The van der Waals surface area contributed by atoms with E-state index in [9.17, 15) is 4.79 Å². The molecule has 1 aromatic carbocycles. The topological polar surface area (TPSA) is 54.5 Å². The first-order valence-corrected chi connectivity index (χ1v) is 8.33. The molecule has 0 aliphatic carbocycles. The molecule has 0 saturated carbocycles. The lowest BCUT2D eigenvalue weighted by Gasteiger charge is -2.25. The van der Waals surface area contributed by atoms with Crippen LogP contribution in [0.2, 0.25) is 0 Å². The van der Waals surface area contributed by atoms with Gasteiger partial charge in [-0.2, -0.15) is 0 Å². The number of benzene rings is 1. The van der Waals surface area contributed by atoms with E-state index in [4.69, 9.17) is 4.74 Å². The van der Waals surface area contributed by atoms with Gasteiger partial charge in [0.1, 0.15) is 10.7 Å². The zero-order chi connectivity index (χ0) is 16.8. The molecule has 0 bridgehead atoms. The third-order valence-corrected chi connectivity index (χ3v) is 4.42. The van der Waals surface area contributed by atoms with E-state index in [1.165, 1.54) is 22.5 Å². The number of hydrogen-bond acceptors (Lipinski definition) is 5. The van der Waals surface area contributed by atoms with Crippen molar-refractivity contribution in [2.45, 2.75) is 19.6 Å². The number of rotatable bonds is 7. The fourth-order valence-corrected chi connectivity index (χ4v) is 3.02. The van der Waals surface area contributed by atoms with Crippen molar-refractivity contribution in [2.24, 2.45) is 0 Å². The number of hydrogen-bond donors (Lipinski definition) is 1. The molecular weight excluding hydrogens is 310 g/mol. The molecule has 1 atom stereocenters. The van der Waals surface area contributed by atoms with E-state index in [1.54, 1.807) is 12.5 Å². The quantitative estimate of drug-likeness (QED) is 0.846. The molecule has 5 nitrogen and oxygen atoms in total. The first kappa shape index (κ1) is 17.6. The molecule has 1 heterocycles. The summed E-state index contributed by atoms with van der Waals surface area (Å²) in [6, 6.07) is 8.50. The van der Waals surface area contributed by atoms with Gasteiger partial charge in [0.2, 0.25) is 0 Å². The van der Waals surface area contributed by atoms with Gasteiger partial charge in [0.15, 0.2) is 0 Å². The monoisotopic (exact) mass is 333 g/mol. The van der Waals surface area contributed by atoms with Crippen LogP contribution in [0.1, 0.15) is 32.7 Å². The minimum atomic E-state index is -0.150. The van der Waals surface area contributed by atoms with Crippen LogP contribution in [-0.4, -0.2) is 43.5 Å². The van der Waals surface area contributed by atoms with Crippen molar-refractivity contribution in [1.82, 2.24) is 15.2 Å². The Morgan fingerprint density at radius 2 is 2.04 bits per heavy atom. The smallest absolute Gasteiger partial charge is 0.270 e. The fourth-order valence-electron chi connectivity index (χ4n) is 2.27. The van der Waals surface area contributed by atoms with E-state index in [1.807, 2.05) is 14.1 Å². The van der Waals surface area contributed by atoms with Gasteiger partial charge in [-0.05, 0) is 26.6 Å². The van der Waals surface area contributed by atoms with Crippen molar-refractivity contribution in [3.63, 3.8) is 0 Å². The van der Waals surface area contributed by atoms with Crippen molar-refractivity contribution >= 4 is 17.2 Å². The Morgan fingerprint density at radius 1 is 1.35 bits per heavy atom. The third-order valence-electron chi connectivity index (χ3n) is 3.59. The van der Waals surface area contributed by atoms with E-state index < -0.39 is 0 Å². The second kappa shape index (κ2) is 8.19. The standard InChI is InChI=1S/C17H23N3O2S/c1-12-5-7-13(8-6-12)15(20(2)3)9-18-17(21)14-11-23-16(19-14)10-22-4/h5-8,11,15H,9-10H2,1-4H3,(H,18,21)/t15-/m1/s1. The zero-order valence-electron chi connectivity index (χ0n) is 14.0. The molecule has 23 heavy (non-hydrogen) atoms. The van der Waals surface area contributed by atoms with Crippen LogP contribution >= 0.6 is 11.3 Å². The molecule has 0 fully saturated rings. The number of nitrogens with zero attached hydrogens (tertiary/aromatic N) is 2. The van der Waals surface area contributed by atoms with Gasteiger partial charge in [-0.3, -0.25) is 4.79 Å². The van der Waals surface area contributed by atoms with E-state index in [-0.39, 0.29) is 11.9 Å². The van der Waals surface area contributed by atoms with E-state index in [0.29, 0.717) is 18.8 Å². The number of likely N-dealkylation sites (N-methyl/N-ethyl adjacent to an activating group) is 1. The minimum Gasteiger partial charge on any atom is -0.378 e. The molecule has 0 aliphatic rings. The van der Waals surface area contributed by atoms with Crippen molar-refractivity contribution < 1.29 is 9.53 Å². The van der Waals surface area contributed by atoms with Gasteiger partial charge in [0.05, 0.1) is 12.6 Å². The predicted octanol–water partition coefficient (Wildman–Crippen LogP) is 2.63. The average Bonchev–Trinajstić information content (AvgIpc) is 2.98. The van der Waals surface area contributed by atoms with Crippen LogP contribution in [-0.2, 0) is 11.3 Å². The summed E-state index contributed by atoms with van der Waals surface area (Å²) in [5.41, 5.74) is 2.85. The maximum atomic E-state index is 12.2. The maximum Gasteiger partial charge on any atom is 0.270 e. The van der Waals surface area contributed by atoms with Gasteiger partial charge >= 0.3 is 0 Å². The first-order chi connectivity index (χ1) is 11.0. The van der Waals surface area contributed by atoms with Crippen molar-refractivity contribution in [2.75, 3.05) is 27.7 Å². The molecule has 0 unspecified atom stereocenters. The summed E-state index contributed by atoms with van der Waals surface area (Å²) in [5, 5.41) is 5.54. The van der Waals surface area contributed by atoms with E-state index >= 15 is 0 Å². The highest BCUT2D eigenvalue weighted by molar-refractivity contribution is 7.09. The lowest BCUT2D eigenvalue weighted by atomic mass is 10.0. The molecule has 0 radical (unpaired) electrons. The molecular formula is C17H23N3O2S. The van der Waals surface area contributed by atoms with Gasteiger partial charge in [0, 0.05) is 19.0 Å². The number of thiazole rings is 1. The van der Waals surface area contributed by atoms with Gasteiger partial charge in [0.25, 0.3) is 5.91 Å². The van der Waals surface area contributed by atoms with Crippen molar-refractivity contribution in [3.05, 3.63) is 51.5 Å². The van der Waals surface area contributed by atoms with Gasteiger partial charge in [-0.25, -0.2) is 4.98 Å². The second-order valence-corrected chi connectivity index (χ2v) is 6.60. The summed E-state index contributed by atoms with van der Waals surface area (Å²) >= 11 is 1.43. The van der Waals surface area contributed by atoms with Crippen LogP contribution in [0.15, 0.2) is 29.6 Å². The summed E-state index contributed by atoms with van der Waals surface area (Å²) in [6.45, 7) is 3.03. The van der Waals surface area contributed by atoms with E-state index in [2.05, 4.69) is 46.4 Å². The van der Waals surface area contributed by atoms with Crippen LogP contribution in [0.25, 0.3) is 0 Å². The predicted molar refractivity (Wildman–Crippen MR) is 92.8 cm³/mol. The number of carbonyl (C=O) groups excluding carboxylic acids is 1. The van der Waals surface area contributed by atoms with Gasteiger partial charge in [-0.1, -0.05) is 29.8 Å². The number of aromatic nitrogens is 1. The molecule has 1 aromatic heterocycles. The number of methoxy groups -OCH3 is 1. The number of amides is 1. The third kappa shape index (κ3) is 4.86. The minimum absolute atomic E-state index is 0.122. The Bertz CT molecular complexity index is 638. The Labute approximate surface area is 141 Å².